The second-order valence-electron chi connectivity index (χ2n) is 5.52. The average molecular weight is 352 g/mol. The molecule has 1 aliphatic rings. The third-order valence-corrected chi connectivity index (χ3v) is 4.12. The Morgan fingerprint density at radius 3 is 2.12 bits per heavy atom. The van der Waals surface area contributed by atoms with E-state index in [1.807, 2.05) is 4.90 Å². The highest BCUT2D eigenvalue weighted by atomic mass is 16.6. The number of benzene rings is 1. The van der Waals surface area contributed by atoms with Crippen molar-refractivity contribution in [3.8, 4) is 17.2 Å². The van der Waals surface area contributed by atoms with Crippen molar-refractivity contribution in [2.24, 2.45) is 0 Å². The molecule has 1 aromatic carbocycles. The molecule has 0 radical (unpaired) electrons. The number of rotatable bonds is 7. The smallest absolute Gasteiger partial charge is 0.410 e. The van der Waals surface area contributed by atoms with E-state index in [0.717, 1.165) is 6.29 Å². The predicted molar refractivity (Wildman–Crippen MR) is 90.4 cm³/mol. The van der Waals surface area contributed by atoms with Gasteiger partial charge < -0.3 is 28.6 Å². The highest BCUT2D eigenvalue weighted by Gasteiger charge is 2.23. The van der Waals surface area contributed by atoms with Crippen LogP contribution in [0.3, 0.4) is 0 Å². The fourth-order valence-electron chi connectivity index (χ4n) is 2.66. The standard InChI is InChI=1S/C17H24N2O6/c1-22-13-10-15(23-2)14(16(11-13)24-3)12-25-17(21)19-6-4-18(5-7-19)8-9-20/h9-11H,4-8,12H2,1-3H3. The van der Waals surface area contributed by atoms with Crippen LogP contribution in [-0.2, 0) is 16.1 Å². The van der Waals surface area contributed by atoms with Crippen LogP contribution in [0.1, 0.15) is 5.56 Å². The van der Waals surface area contributed by atoms with Gasteiger partial charge in [0.2, 0.25) is 0 Å². The lowest BCUT2D eigenvalue weighted by atomic mass is 10.1. The second-order valence-corrected chi connectivity index (χ2v) is 5.52. The second kappa shape index (κ2) is 9.12. The minimum absolute atomic E-state index is 0.0315. The Bertz CT molecular complexity index is 574. The van der Waals surface area contributed by atoms with Gasteiger partial charge in [-0.25, -0.2) is 4.79 Å². The first kappa shape index (κ1) is 18.9. The van der Waals surface area contributed by atoms with Crippen molar-refractivity contribution >= 4 is 12.4 Å². The van der Waals surface area contributed by atoms with E-state index in [1.165, 1.54) is 14.2 Å². The van der Waals surface area contributed by atoms with Crippen LogP contribution < -0.4 is 14.2 Å². The van der Waals surface area contributed by atoms with Crippen molar-refractivity contribution < 1.29 is 28.5 Å². The molecule has 25 heavy (non-hydrogen) atoms. The Morgan fingerprint density at radius 2 is 1.64 bits per heavy atom. The van der Waals surface area contributed by atoms with Crippen LogP contribution in [0.25, 0.3) is 0 Å². The maximum absolute atomic E-state index is 12.3. The Kier molecular flexibility index (Phi) is 6.88. The number of aldehydes is 1. The molecule has 8 nitrogen and oxygen atoms in total. The summed E-state index contributed by atoms with van der Waals surface area (Å²) in [4.78, 5) is 26.4. The summed E-state index contributed by atoms with van der Waals surface area (Å²) >= 11 is 0. The molecule has 138 valence electrons. The van der Waals surface area contributed by atoms with Crippen LogP contribution in [0.2, 0.25) is 0 Å². The summed E-state index contributed by atoms with van der Waals surface area (Å²) in [6, 6.07) is 3.42. The minimum atomic E-state index is -0.398. The largest absolute Gasteiger partial charge is 0.496 e. The van der Waals surface area contributed by atoms with Crippen LogP contribution in [0.4, 0.5) is 4.79 Å². The molecule has 0 atom stereocenters. The molecule has 1 fully saturated rings. The number of carbonyl (C=O) groups excluding carboxylic acids is 2. The van der Waals surface area contributed by atoms with Crippen molar-refractivity contribution in [1.82, 2.24) is 9.80 Å². The van der Waals surface area contributed by atoms with Gasteiger partial charge in [-0.1, -0.05) is 0 Å². The van der Waals surface area contributed by atoms with Gasteiger partial charge in [-0.15, -0.1) is 0 Å². The van der Waals surface area contributed by atoms with Crippen LogP contribution in [-0.4, -0.2) is 76.2 Å². The summed E-state index contributed by atoms with van der Waals surface area (Å²) < 4.78 is 21.3. The normalized spacial score (nSPS) is 14.8. The quantitative estimate of drug-likeness (QED) is 0.682. The zero-order valence-corrected chi connectivity index (χ0v) is 14.8. The third kappa shape index (κ3) is 4.76. The minimum Gasteiger partial charge on any atom is -0.496 e. The van der Waals surface area contributed by atoms with E-state index in [0.29, 0.717) is 55.5 Å². The molecule has 0 spiro atoms. The maximum Gasteiger partial charge on any atom is 0.410 e. The fraction of sp³-hybridized carbons (Fsp3) is 0.529. The van der Waals surface area contributed by atoms with Gasteiger partial charge >= 0.3 is 6.09 Å². The molecular formula is C17H24N2O6. The summed E-state index contributed by atoms with van der Waals surface area (Å²) in [5.41, 5.74) is 0.638. The van der Waals surface area contributed by atoms with Crippen molar-refractivity contribution in [2.75, 3.05) is 54.1 Å². The molecule has 0 unspecified atom stereocenters. The van der Waals surface area contributed by atoms with E-state index in [1.54, 1.807) is 24.1 Å². The monoisotopic (exact) mass is 352 g/mol. The van der Waals surface area contributed by atoms with Crippen molar-refractivity contribution in [1.29, 1.82) is 0 Å². The molecule has 1 saturated heterocycles. The Balaban J connectivity index is 1.99. The zero-order valence-electron chi connectivity index (χ0n) is 14.8. The molecule has 0 bridgehead atoms. The highest BCUT2D eigenvalue weighted by molar-refractivity contribution is 5.68. The maximum atomic E-state index is 12.3. The molecular weight excluding hydrogens is 328 g/mol. The summed E-state index contributed by atoms with van der Waals surface area (Å²) in [6.45, 7) is 2.80. The predicted octanol–water partition coefficient (Wildman–Crippen LogP) is 1.17. The number of methoxy groups -OCH3 is 3. The Morgan fingerprint density at radius 1 is 1.04 bits per heavy atom. The lowest BCUT2D eigenvalue weighted by Crippen LogP contribution is -2.49. The van der Waals surface area contributed by atoms with Crippen LogP contribution in [0.15, 0.2) is 12.1 Å². The number of hydrogen-bond donors (Lipinski definition) is 0. The number of amides is 1. The first-order chi connectivity index (χ1) is 12.1. The topological polar surface area (TPSA) is 77.5 Å². The van der Waals surface area contributed by atoms with E-state index in [-0.39, 0.29) is 6.61 Å². The van der Waals surface area contributed by atoms with E-state index in [4.69, 9.17) is 18.9 Å². The van der Waals surface area contributed by atoms with Gasteiger partial charge in [0.15, 0.2) is 0 Å². The lowest BCUT2D eigenvalue weighted by Gasteiger charge is -2.33. The van der Waals surface area contributed by atoms with Crippen molar-refractivity contribution in [3.05, 3.63) is 17.7 Å². The summed E-state index contributed by atoms with van der Waals surface area (Å²) in [5.74, 6) is 1.65. The van der Waals surface area contributed by atoms with Gasteiger partial charge in [0.05, 0.1) is 33.4 Å². The summed E-state index contributed by atoms with van der Waals surface area (Å²) in [5, 5.41) is 0. The van der Waals surface area contributed by atoms with Gasteiger partial charge in [-0.05, 0) is 0 Å². The molecule has 0 saturated carbocycles. The summed E-state index contributed by atoms with van der Waals surface area (Å²) in [6.07, 6.45) is 0.474. The van der Waals surface area contributed by atoms with E-state index in [9.17, 15) is 9.59 Å². The van der Waals surface area contributed by atoms with E-state index < -0.39 is 6.09 Å². The molecule has 1 amide bonds. The van der Waals surface area contributed by atoms with Crippen molar-refractivity contribution in [3.63, 3.8) is 0 Å². The number of piperazine rings is 1. The van der Waals surface area contributed by atoms with Gasteiger partial charge in [0.25, 0.3) is 0 Å². The SMILES string of the molecule is COc1cc(OC)c(COC(=O)N2CCN(CC=O)CC2)c(OC)c1. The fourth-order valence-corrected chi connectivity index (χ4v) is 2.66. The molecule has 1 aromatic rings. The zero-order chi connectivity index (χ0) is 18.2. The van der Waals surface area contributed by atoms with Gasteiger partial charge in [-0.3, -0.25) is 4.90 Å². The number of hydrogen-bond acceptors (Lipinski definition) is 7. The first-order valence-corrected chi connectivity index (χ1v) is 7.99. The molecule has 1 aliphatic heterocycles. The Labute approximate surface area is 147 Å². The molecule has 1 heterocycles. The van der Waals surface area contributed by atoms with Crippen LogP contribution in [0, 0.1) is 0 Å². The molecule has 0 N–H and O–H groups in total. The Hall–Kier alpha value is -2.48. The average Bonchev–Trinajstić information content (AvgIpc) is 2.66. The van der Waals surface area contributed by atoms with Crippen LogP contribution >= 0.6 is 0 Å². The molecule has 0 aliphatic carbocycles. The third-order valence-electron chi connectivity index (χ3n) is 4.12. The van der Waals surface area contributed by atoms with Gasteiger partial charge in [0.1, 0.15) is 30.1 Å². The first-order valence-electron chi connectivity index (χ1n) is 7.99. The number of ether oxygens (including phenoxy) is 4. The molecule has 2 rings (SSSR count). The van der Waals surface area contributed by atoms with E-state index in [2.05, 4.69) is 0 Å². The summed E-state index contributed by atoms with van der Waals surface area (Å²) in [7, 11) is 4.62. The lowest BCUT2D eigenvalue weighted by molar-refractivity contribution is -0.109. The number of carbonyl (C=O) groups is 2. The molecule has 0 aromatic heterocycles. The number of nitrogens with zero attached hydrogens (tertiary/aromatic N) is 2. The van der Waals surface area contributed by atoms with Gasteiger partial charge in [0, 0.05) is 38.3 Å². The van der Waals surface area contributed by atoms with Gasteiger partial charge in [-0.2, -0.15) is 0 Å². The van der Waals surface area contributed by atoms with E-state index >= 15 is 0 Å². The van der Waals surface area contributed by atoms with Crippen molar-refractivity contribution in [2.45, 2.75) is 6.61 Å². The highest BCUT2D eigenvalue weighted by Crippen LogP contribution is 2.34. The molecule has 8 heteroatoms. The van der Waals surface area contributed by atoms with Crippen LogP contribution in [0.5, 0.6) is 17.2 Å².